The Morgan fingerprint density at radius 2 is 1.95 bits per heavy atom. The van der Waals surface area contributed by atoms with Crippen LogP contribution in [0, 0.1) is 6.92 Å². The lowest BCUT2D eigenvalue weighted by atomic mass is 10.1. The van der Waals surface area contributed by atoms with Crippen LogP contribution < -0.4 is 20.3 Å². The molecule has 0 aliphatic rings. The Kier molecular flexibility index (Phi) is 9.45. The lowest BCUT2D eigenvalue weighted by Gasteiger charge is -2.26. The summed E-state index contributed by atoms with van der Waals surface area (Å²) in [6.45, 7) is 11.0. The molecule has 200 valence electrons. The maximum Gasteiger partial charge on any atom is 0.247 e. The SMILES string of the molecule is C=C/C=C\c1c(C)c(-c2ccnc(Nc3cc(NC(=O)C=C)c(N(C)CCN(C)C)cc3OC)n2)cn1C. The van der Waals surface area contributed by atoms with E-state index in [1.807, 2.05) is 64.7 Å². The fourth-order valence-electron chi connectivity index (χ4n) is 4.02. The molecule has 2 heterocycles. The highest BCUT2D eigenvalue weighted by atomic mass is 16.5. The number of allylic oxidation sites excluding steroid dienone is 2. The van der Waals surface area contributed by atoms with Crippen LogP contribution in [-0.4, -0.2) is 66.7 Å². The third kappa shape index (κ3) is 6.68. The van der Waals surface area contributed by atoms with Crippen LogP contribution in [0.15, 0.2) is 62.0 Å². The third-order valence-electron chi connectivity index (χ3n) is 6.11. The van der Waals surface area contributed by atoms with E-state index < -0.39 is 0 Å². The van der Waals surface area contributed by atoms with Crippen molar-refractivity contribution in [3.8, 4) is 17.0 Å². The number of carbonyl (C=O) groups excluding carboxylic acids is 1. The lowest BCUT2D eigenvalue weighted by molar-refractivity contribution is -0.111. The maximum atomic E-state index is 12.2. The summed E-state index contributed by atoms with van der Waals surface area (Å²) in [5.41, 5.74) is 6.03. The van der Waals surface area contributed by atoms with Gasteiger partial charge in [-0.2, -0.15) is 0 Å². The molecule has 0 spiro atoms. The molecule has 9 heteroatoms. The number of aryl methyl sites for hydroxylation is 1. The molecular weight excluding hydrogens is 478 g/mol. The zero-order chi connectivity index (χ0) is 27.8. The second-order valence-electron chi connectivity index (χ2n) is 9.14. The molecule has 2 N–H and O–H groups in total. The van der Waals surface area contributed by atoms with Gasteiger partial charge in [0.05, 0.1) is 29.9 Å². The van der Waals surface area contributed by atoms with Crippen molar-refractivity contribution >= 4 is 35.0 Å². The summed E-state index contributed by atoms with van der Waals surface area (Å²) in [6, 6.07) is 5.59. The summed E-state index contributed by atoms with van der Waals surface area (Å²) in [4.78, 5) is 25.6. The van der Waals surface area contributed by atoms with E-state index in [4.69, 9.17) is 9.72 Å². The van der Waals surface area contributed by atoms with Crippen LogP contribution >= 0.6 is 0 Å². The van der Waals surface area contributed by atoms with E-state index in [-0.39, 0.29) is 5.91 Å². The number of rotatable bonds is 12. The van der Waals surface area contributed by atoms with Crippen molar-refractivity contribution in [2.75, 3.05) is 56.9 Å². The van der Waals surface area contributed by atoms with Gasteiger partial charge in [0.25, 0.3) is 0 Å². The minimum atomic E-state index is -0.303. The highest BCUT2D eigenvalue weighted by Gasteiger charge is 2.17. The molecular formula is C29H37N7O2. The molecule has 0 saturated carbocycles. The molecule has 0 aliphatic heterocycles. The normalized spacial score (nSPS) is 11.0. The van der Waals surface area contributed by atoms with Crippen molar-refractivity contribution in [3.05, 3.63) is 73.2 Å². The Balaban J connectivity index is 2.00. The molecule has 0 saturated heterocycles. The van der Waals surface area contributed by atoms with E-state index >= 15 is 0 Å². The van der Waals surface area contributed by atoms with Crippen LogP contribution in [0.5, 0.6) is 5.75 Å². The topological polar surface area (TPSA) is 87.6 Å². The van der Waals surface area contributed by atoms with E-state index in [1.54, 1.807) is 19.4 Å². The van der Waals surface area contributed by atoms with Gasteiger partial charge in [0.2, 0.25) is 11.9 Å². The number of ether oxygens (including phenoxy) is 1. The molecule has 1 aromatic carbocycles. The first-order chi connectivity index (χ1) is 18.2. The molecule has 0 atom stereocenters. The Labute approximate surface area is 225 Å². The van der Waals surface area contributed by atoms with Crippen molar-refractivity contribution in [2.24, 2.45) is 7.05 Å². The van der Waals surface area contributed by atoms with Gasteiger partial charge in [-0.3, -0.25) is 4.79 Å². The molecule has 1 amide bonds. The van der Waals surface area contributed by atoms with E-state index in [1.165, 1.54) is 6.08 Å². The predicted octanol–water partition coefficient (Wildman–Crippen LogP) is 4.86. The van der Waals surface area contributed by atoms with Gasteiger partial charge >= 0.3 is 0 Å². The minimum absolute atomic E-state index is 0.303. The summed E-state index contributed by atoms with van der Waals surface area (Å²) in [5.74, 6) is 0.694. The number of hydrogen-bond donors (Lipinski definition) is 2. The van der Waals surface area contributed by atoms with Crippen molar-refractivity contribution in [3.63, 3.8) is 0 Å². The molecule has 0 unspecified atom stereocenters. The van der Waals surface area contributed by atoms with Gasteiger partial charge in [0.15, 0.2) is 0 Å². The van der Waals surface area contributed by atoms with Crippen molar-refractivity contribution in [2.45, 2.75) is 6.92 Å². The van der Waals surface area contributed by atoms with Gasteiger partial charge in [-0.25, -0.2) is 9.97 Å². The fraction of sp³-hybridized carbons (Fsp3) is 0.276. The highest BCUT2D eigenvalue weighted by Crippen LogP contribution is 2.38. The molecule has 3 aromatic rings. The zero-order valence-electron chi connectivity index (χ0n) is 23.1. The summed E-state index contributed by atoms with van der Waals surface area (Å²) in [5, 5.41) is 6.18. The first-order valence-corrected chi connectivity index (χ1v) is 12.2. The van der Waals surface area contributed by atoms with Gasteiger partial charge < -0.3 is 29.7 Å². The number of benzene rings is 1. The summed E-state index contributed by atoms with van der Waals surface area (Å²) >= 11 is 0. The van der Waals surface area contributed by atoms with Gasteiger partial charge in [0.1, 0.15) is 5.75 Å². The van der Waals surface area contributed by atoms with Crippen LogP contribution in [0.25, 0.3) is 17.3 Å². The van der Waals surface area contributed by atoms with Crippen molar-refractivity contribution in [1.29, 1.82) is 0 Å². The van der Waals surface area contributed by atoms with E-state index in [2.05, 4.69) is 50.1 Å². The van der Waals surface area contributed by atoms with E-state index in [0.29, 0.717) is 23.1 Å². The van der Waals surface area contributed by atoms with Crippen molar-refractivity contribution in [1.82, 2.24) is 19.4 Å². The number of carbonyl (C=O) groups is 1. The van der Waals surface area contributed by atoms with Gasteiger partial charge in [-0.15, -0.1) is 0 Å². The maximum absolute atomic E-state index is 12.2. The predicted molar refractivity (Wildman–Crippen MR) is 157 cm³/mol. The van der Waals surface area contributed by atoms with Crippen LogP contribution in [0.1, 0.15) is 11.3 Å². The van der Waals surface area contributed by atoms with Crippen LogP contribution in [0.3, 0.4) is 0 Å². The molecule has 0 radical (unpaired) electrons. The molecule has 38 heavy (non-hydrogen) atoms. The number of nitrogens with zero attached hydrogens (tertiary/aromatic N) is 5. The number of hydrogen-bond acceptors (Lipinski definition) is 7. The van der Waals surface area contributed by atoms with Crippen LogP contribution in [0.4, 0.5) is 23.0 Å². The number of methoxy groups -OCH3 is 1. The van der Waals surface area contributed by atoms with Gasteiger partial charge in [-0.1, -0.05) is 25.3 Å². The van der Waals surface area contributed by atoms with Crippen LogP contribution in [-0.2, 0) is 11.8 Å². The molecule has 0 fully saturated rings. The Morgan fingerprint density at radius 3 is 2.61 bits per heavy atom. The Morgan fingerprint density at radius 1 is 1.18 bits per heavy atom. The smallest absolute Gasteiger partial charge is 0.247 e. The third-order valence-corrected chi connectivity index (χ3v) is 6.11. The Hall–Kier alpha value is -4.37. The second kappa shape index (κ2) is 12.7. The summed E-state index contributed by atoms with van der Waals surface area (Å²) in [7, 11) is 9.62. The monoisotopic (exact) mass is 515 g/mol. The fourth-order valence-corrected chi connectivity index (χ4v) is 4.02. The largest absolute Gasteiger partial charge is 0.494 e. The van der Waals surface area contributed by atoms with E-state index in [9.17, 15) is 4.79 Å². The molecule has 3 rings (SSSR count). The highest BCUT2D eigenvalue weighted by molar-refractivity contribution is 6.02. The summed E-state index contributed by atoms with van der Waals surface area (Å²) < 4.78 is 7.76. The molecule has 0 aliphatic carbocycles. The molecule has 0 bridgehead atoms. The van der Waals surface area contributed by atoms with Gasteiger partial charge in [0, 0.05) is 56.9 Å². The lowest BCUT2D eigenvalue weighted by Crippen LogP contribution is -2.29. The molecule has 2 aromatic heterocycles. The van der Waals surface area contributed by atoms with E-state index in [0.717, 1.165) is 41.3 Å². The standard InChI is InChI=1S/C29H37N7O2/c1-9-11-12-25-20(3)21(19-36(25)7)22-13-14-30-29(32-22)33-24-17-23(31-28(37)10-2)26(18-27(24)38-8)35(6)16-15-34(4)5/h9-14,17-19H,1-2,15-16H2,3-8H3,(H,31,37)(H,30,32,33)/b12-11-. The number of aromatic nitrogens is 3. The first kappa shape index (κ1) is 28.2. The number of likely N-dealkylation sites (N-methyl/N-ethyl adjacent to an activating group) is 2. The average Bonchev–Trinajstić information content (AvgIpc) is 3.18. The minimum Gasteiger partial charge on any atom is -0.494 e. The number of anilines is 4. The molecule has 9 nitrogen and oxygen atoms in total. The van der Waals surface area contributed by atoms with Crippen molar-refractivity contribution < 1.29 is 9.53 Å². The second-order valence-corrected chi connectivity index (χ2v) is 9.14. The average molecular weight is 516 g/mol. The number of nitrogens with one attached hydrogen (secondary N) is 2. The van der Waals surface area contributed by atoms with Gasteiger partial charge in [-0.05, 0) is 50.9 Å². The first-order valence-electron chi connectivity index (χ1n) is 12.2. The zero-order valence-corrected chi connectivity index (χ0v) is 23.1. The summed E-state index contributed by atoms with van der Waals surface area (Å²) in [6.07, 6.45) is 10.7. The number of amides is 1. The quantitative estimate of drug-likeness (QED) is 0.263. The Bertz CT molecular complexity index is 1340. The van der Waals surface area contributed by atoms with Crippen LogP contribution in [0.2, 0.25) is 0 Å².